The first-order valence-corrected chi connectivity index (χ1v) is 17.0. The van der Waals surface area contributed by atoms with Gasteiger partial charge in [-0.15, -0.1) is 0 Å². The normalized spacial score (nSPS) is 25.4. The minimum Gasteiger partial charge on any atom is -0.306 e. The molecule has 6 rings (SSSR count). The summed E-state index contributed by atoms with van der Waals surface area (Å²) in [6.07, 6.45) is 21.4. The first-order valence-electron chi connectivity index (χ1n) is 17.0. The molecule has 0 aliphatic carbocycles. The molecule has 0 N–H and O–H groups in total. The number of hydrogen-bond acceptors (Lipinski definition) is 6. The Morgan fingerprint density at radius 3 is 0.462 bits per heavy atom. The van der Waals surface area contributed by atoms with Crippen LogP contribution in [-0.2, 0) is 0 Å². The van der Waals surface area contributed by atoms with Crippen LogP contribution in [0.5, 0.6) is 0 Å². The third-order valence-electron chi connectivity index (χ3n) is 8.57. The van der Waals surface area contributed by atoms with Crippen molar-refractivity contribution in [2.75, 3.05) is 121 Å². The van der Waals surface area contributed by atoms with Crippen molar-refractivity contribution in [3.8, 4) is 0 Å². The maximum atomic E-state index is 2.44. The number of nitrogens with zero attached hydrogens (tertiary/aromatic N) is 6. The van der Waals surface area contributed by atoms with Gasteiger partial charge in [0.25, 0.3) is 0 Å². The van der Waals surface area contributed by atoms with Gasteiger partial charge >= 0.3 is 0 Å². The van der Waals surface area contributed by atoms with E-state index >= 15 is 0 Å². The Labute approximate surface area is 246 Å². The summed E-state index contributed by atoms with van der Waals surface area (Å²) in [4.78, 5) is 14.2. The molecule has 6 saturated heterocycles. The van der Waals surface area contributed by atoms with Gasteiger partial charge in [0, 0.05) is 13.1 Å². The molecule has 0 atom stereocenters. The van der Waals surface area contributed by atoms with Crippen LogP contribution in [0.1, 0.15) is 96.3 Å². The lowest BCUT2D eigenvalue weighted by atomic mass is 10.1. The van der Waals surface area contributed by atoms with E-state index in [1.54, 1.807) is 0 Å². The summed E-state index contributed by atoms with van der Waals surface area (Å²) < 4.78 is 0. The van der Waals surface area contributed by atoms with Crippen molar-refractivity contribution in [3.63, 3.8) is 0 Å². The molecule has 0 radical (unpaired) electrons. The van der Waals surface area contributed by atoms with E-state index in [0.29, 0.717) is 0 Å². The molecule has 0 amide bonds. The molecule has 234 valence electrons. The van der Waals surface area contributed by atoms with Gasteiger partial charge in [-0.25, -0.2) is 0 Å². The Morgan fingerprint density at radius 2 is 0.308 bits per heavy atom. The number of likely N-dealkylation sites (N-methyl/N-ethyl adjacent to an activating group) is 1. The van der Waals surface area contributed by atoms with Gasteiger partial charge in [0.2, 0.25) is 0 Å². The molecule has 6 aliphatic rings. The molecule has 0 spiro atoms. The first kappa shape index (κ1) is 36.8. The monoisotopic (exact) mass is 553 g/mol. The topological polar surface area (TPSA) is 19.2 Å². The Morgan fingerprint density at radius 1 is 0.179 bits per heavy atom. The molecule has 39 heavy (non-hydrogen) atoms. The highest BCUT2D eigenvalue weighted by Gasteiger charge is 2.07. The summed E-state index contributed by atoms with van der Waals surface area (Å²) in [7, 11) is 13.1. The summed E-state index contributed by atoms with van der Waals surface area (Å²) in [6.45, 7) is 15.8. The minimum atomic E-state index is 1.32. The van der Waals surface area contributed by atoms with Crippen molar-refractivity contribution in [2.45, 2.75) is 96.3 Å². The van der Waals surface area contributed by atoms with Gasteiger partial charge in [0.05, 0.1) is 0 Å². The Kier molecular flexibility index (Phi) is 24.0. The summed E-state index contributed by atoms with van der Waals surface area (Å²) in [5.41, 5.74) is 0. The van der Waals surface area contributed by atoms with E-state index in [1.807, 2.05) is 0 Å². The van der Waals surface area contributed by atoms with Crippen molar-refractivity contribution in [2.24, 2.45) is 0 Å². The SMILES string of the molecule is CN1CC1.CN1CCC1.CN1CCCC1.CN1CCCCC1.CN1CCCCCC1.CN1CCCCCCC1. The summed E-state index contributed by atoms with van der Waals surface area (Å²) in [5.74, 6) is 0. The van der Waals surface area contributed by atoms with Gasteiger partial charge in [0.1, 0.15) is 0 Å². The molecule has 0 bridgehead atoms. The number of rotatable bonds is 0. The van der Waals surface area contributed by atoms with Crippen LogP contribution in [0.15, 0.2) is 0 Å². The van der Waals surface area contributed by atoms with Crippen LogP contribution in [0, 0.1) is 0 Å². The second kappa shape index (κ2) is 25.5. The zero-order chi connectivity index (χ0) is 28.6. The van der Waals surface area contributed by atoms with Crippen molar-refractivity contribution in [1.29, 1.82) is 0 Å². The van der Waals surface area contributed by atoms with Crippen LogP contribution in [0.3, 0.4) is 0 Å². The van der Waals surface area contributed by atoms with Gasteiger partial charge in [-0.2, -0.15) is 0 Å². The maximum absolute atomic E-state index is 2.44. The van der Waals surface area contributed by atoms with E-state index in [1.165, 1.54) is 175 Å². The van der Waals surface area contributed by atoms with E-state index in [9.17, 15) is 0 Å². The molecule has 6 aliphatic heterocycles. The van der Waals surface area contributed by atoms with E-state index < -0.39 is 0 Å². The Bertz CT molecular complexity index is 482. The molecule has 0 aromatic carbocycles. The van der Waals surface area contributed by atoms with Crippen LogP contribution in [0.25, 0.3) is 0 Å². The Balaban J connectivity index is 0.000000238. The molecule has 6 fully saturated rings. The van der Waals surface area contributed by atoms with E-state index in [2.05, 4.69) is 71.7 Å². The fraction of sp³-hybridized carbons (Fsp3) is 1.00. The van der Waals surface area contributed by atoms with Gasteiger partial charge in [-0.05, 0) is 166 Å². The highest BCUT2D eigenvalue weighted by atomic mass is 15.2. The smallest absolute Gasteiger partial charge is 0.0107 e. The molecule has 0 aromatic rings. The van der Waals surface area contributed by atoms with Crippen LogP contribution in [-0.4, -0.2) is 150 Å². The largest absolute Gasteiger partial charge is 0.306 e. The molecule has 6 heteroatoms. The summed E-state index contributed by atoms with van der Waals surface area (Å²) >= 11 is 0. The Hall–Kier alpha value is -0.240. The number of piperidine rings is 1. The molecular formula is C33H72N6. The second-order valence-corrected chi connectivity index (χ2v) is 13.1. The quantitative estimate of drug-likeness (QED) is 0.370. The lowest BCUT2D eigenvalue weighted by Crippen LogP contribution is -2.32. The van der Waals surface area contributed by atoms with Crippen LogP contribution < -0.4 is 0 Å². The number of hydrogen-bond donors (Lipinski definition) is 0. The summed E-state index contributed by atoms with van der Waals surface area (Å²) in [5, 5.41) is 0. The van der Waals surface area contributed by atoms with Gasteiger partial charge < -0.3 is 29.4 Å². The third kappa shape index (κ3) is 26.4. The van der Waals surface area contributed by atoms with Gasteiger partial charge in [-0.1, -0.05) is 38.5 Å². The zero-order valence-corrected chi connectivity index (χ0v) is 27.8. The third-order valence-corrected chi connectivity index (χ3v) is 8.57. The average Bonchev–Trinajstić information content (AvgIpc) is 3.61. The van der Waals surface area contributed by atoms with Crippen molar-refractivity contribution in [3.05, 3.63) is 0 Å². The minimum absolute atomic E-state index is 1.32. The highest BCUT2D eigenvalue weighted by Crippen LogP contribution is 2.08. The zero-order valence-electron chi connectivity index (χ0n) is 27.8. The van der Waals surface area contributed by atoms with E-state index in [0.717, 1.165) is 0 Å². The fourth-order valence-corrected chi connectivity index (χ4v) is 5.14. The highest BCUT2D eigenvalue weighted by molar-refractivity contribution is 4.64. The lowest BCUT2D eigenvalue weighted by molar-refractivity contribution is 0.229. The molecule has 6 heterocycles. The van der Waals surface area contributed by atoms with Crippen molar-refractivity contribution < 1.29 is 0 Å². The van der Waals surface area contributed by atoms with Gasteiger partial charge in [-0.3, -0.25) is 0 Å². The molecular weight excluding hydrogens is 480 g/mol. The first-order chi connectivity index (χ1) is 18.9. The molecule has 0 aromatic heterocycles. The predicted octanol–water partition coefficient (Wildman–Crippen LogP) is 5.44. The summed E-state index contributed by atoms with van der Waals surface area (Å²) in [6, 6.07) is 0. The average molecular weight is 553 g/mol. The van der Waals surface area contributed by atoms with Crippen LogP contribution in [0.2, 0.25) is 0 Å². The van der Waals surface area contributed by atoms with E-state index in [-0.39, 0.29) is 0 Å². The molecule has 0 saturated carbocycles. The molecule has 6 nitrogen and oxygen atoms in total. The standard InChI is InChI=1S/C8H17N.C7H15N.C6H13N.C5H11N.C4H9N.C3H7N/c1-9-7-5-3-2-4-6-8-9;1-8-6-4-2-3-5-7-8;1-7-5-3-2-4-6-7;1-6-4-2-3-5-6;1-5-3-2-4-5;1-4-2-3-4/h2-8H2,1H3;2-7H2,1H3;2-6H2,1H3;2-5H2,1H3;2-4H2,1H3;2-3H2,1H3. The van der Waals surface area contributed by atoms with Crippen LogP contribution in [0.4, 0.5) is 0 Å². The van der Waals surface area contributed by atoms with Crippen molar-refractivity contribution in [1.82, 2.24) is 29.4 Å². The molecule has 0 unspecified atom stereocenters. The number of likely N-dealkylation sites (tertiary alicyclic amines) is 5. The lowest BCUT2D eigenvalue weighted by Gasteiger charge is -2.24. The second-order valence-electron chi connectivity index (χ2n) is 13.1. The van der Waals surface area contributed by atoms with Gasteiger partial charge in [0.15, 0.2) is 0 Å². The fourth-order valence-electron chi connectivity index (χ4n) is 5.14. The maximum Gasteiger partial charge on any atom is 0.0107 e. The van der Waals surface area contributed by atoms with E-state index in [4.69, 9.17) is 0 Å². The predicted molar refractivity (Wildman–Crippen MR) is 174 cm³/mol. The van der Waals surface area contributed by atoms with Crippen LogP contribution >= 0.6 is 0 Å². The van der Waals surface area contributed by atoms with Crippen molar-refractivity contribution >= 4 is 0 Å².